The summed E-state index contributed by atoms with van der Waals surface area (Å²) in [7, 11) is 2.12. The summed E-state index contributed by atoms with van der Waals surface area (Å²) in [5.41, 5.74) is 0. The van der Waals surface area contributed by atoms with E-state index in [0.29, 0.717) is 12.6 Å². The van der Waals surface area contributed by atoms with E-state index in [0.717, 1.165) is 26.1 Å². The monoisotopic (exact) mass is 186 g/mol. The first-order chi connectivity index (χ1) is 6.16. The Bertz CT molecular complexity index is 180. The van der Waals surface area contributed by atoms with Gasteiger partial charge in [0.25, 0.3) is 0 Å². The highest BCUT2D eigenvalue weighted by Crippen LogP contribution is 2.24. The lowest BCUT2D eigenvalue weighted by Crippen LogP contribution is -2.60. The van der Waals surface area contributed by atoms with Crippen LogP contribution >= 0.6 is 0 Å². The van der Waals surface area contributed by atoms with Crippen molar-refractivity contribution in [2.24, 2.45) is 5.92 Å². The lowest BCUT2D eigenvalue weighted by Gasteiger charge is -2.46. The minimum atomic E-state index is -0.598. The average Bonchev–Trinajstić information content (AvgIpc) is 2.05. The standard InChI is InChI=1S/C10H19FN2/c1-8-3-4-13(7-10(8)11)9-5-12(2)6-9/h8-10H,3-7H2,1-2H3/t8-,10+/m1/s1. The molecule has 3 heteroatoms. The second-order valence-corrected chi connectivity index (χ2v) is 4.65. The van der Waals surface area contributed by atoms with Gasteiger partial charge in [-0.3, -0.25) is 4.90 Å². The Balaban J connectivity index is 1.82. The summed E-state index contributed by atoms with van der Waals surface area (Å²) in [5.74, 6) is 0.272. The molecule has 2 saturated heterocycles. The zero-order chi connectivity index (χ0) is 9.42. The summed E-state index contributed by atoms with van der Waals surface area (Å²) in [6.07, 6.45) is 0.432. The zero-order valence-electron chi connectivity index (χ0n) is 8.54. The molecule has 2 nitrogen and oxygen atoms in total. The molecule has 0 amide bonds. The zero-order valence-corrected chi connectivity index (χ0v) is 8.54. The second-order valence-electron chi connectivity index (χ2n) is 4.65. The highest BCUT2D eigenvalue weighted by atomic mass is 19.1. The SMILES string of the molecule is C[C@@H]1CCN(C2CN(C)C2)C[C@@H]1F. The first-order valence-corrected chi connectivity index (χ1v) is 5.23. The van der Waals surface area contributed by atoms with Gasteiger partial charge in [-0.25, -0.2) is 4.39 Å². The first-order valence-electron chi connectivity index (χ1n) is 5.23. The summed E-state index contributed by atoms with van der Waals surface area (Å²) in [5, 5.41) is 0. The molecule has 13 heavy (non-hydrogen) atoms. The van der Waals surface area contributed by atoms with Crippen LogP contribution in [0, 0.1) is 5.92 Å². The van der Waals surface area contributed by atoms with Crippen LogP contribution in [0.5, 0.6) is 0 Å². The van der Waals surface area contributed by atoms with E-state index in [4.69, 9.17) is 0 Å². The molecule has 0 unspecified atom stereocenters. The number of likely N-dealkylation sites (tertiary alicyclic amines) is 2. The largest absolute Gasteiger partial charge is 0.303 e. The fourth-order valence-electron chi connectivity index (χ4n) is 2.27. The van der Waals surface area contributed by atoms with E-state index in [2.05, 4.69) is 16.8 Å². The number of piperidine rings is 1. The Morgan fingerprint density at radius 1 is 1.23 bits per heavy atom. The maximum absolute atomic E-state index is 13.4. The van der Waals surface area contributed by atoms with Gasteiger partial charge in [0.2, 0.25) is 0 Å². The molecule has 0 aromatic rings. The van der Waals surface area contributed by atoms with Gasteiger partial charge in [0.15, 0.2) is 0 Å². The summed E-state index contributed by atoms with van der Waals surface area (Å²) < 4.78 is 13.4. The summed E-state index contributed by atoms with van der Waals surface area (Å²) in [6, 6.07) is 0.635. The molecule has 0 saturated carbocycles. The van der Waals surface area contributed by atoms with E-state index in [1.54, 1.807) is 0 Å². The highest BCUT2D eigenvalue weighted by Gasteiger charge is 2.34. The van der Waals surface area contributed by atoms with Crippen LogP contribution in [0.1, 0.15) is 13.3 Å². The normalized spacial score (nSPS) is 39.0. The predicted molar refractivity (Wildman–Crippen MR) is 51.5 cm³/mol. The van der Waals surface area contributed by atoms with E-state index in [9.17, 15) is 4.39 Å². The lowest BCUT2D eigenvalue weighted by atomic mass is 9.94. The van der Waals surface area contributed by atoms with Crippen molar-refractivity contribution in [2.75, 3.05) is 33.2 Å². The molecule has 0 radical (unpaired) electrons. The van der Waals surface area contributed by atoms with Gasteiger partial charge in [-0.05, 0) is 25.9 Å². The molecule has 2 heterocycles. The van der Waals surface area contributed by atoms with Crippen LogP contribution in [0.15, 0.2) is 0 Å². The van der Waals surface area contributed by atoms with Crippen molar-refractivity contribution in [3.8, 4) is 0 Å². The number of hydrogen-bond donors (Lipinski definition) is 0. The van der Waals surface area contributed by atoms with Gasteiger partial charge >= 0.3 is 0 Å². The average molecular weight is 186 g/mol. The number of rotatable bonds is 1. The molecule has 0 aromatic heterocycles. The van der Waals surface area contributed by atoms with E-state index in [-0.39, 0.29) is 5.92 Å². The number of hydrogen-bond acceptors (Lipinski definition) is 2. The molecule has 2 aliphatic rings. The summed E-state index contributed by atoms with van der Waals surface area (Å²) in [4.78, 5) is 4.61. The Morgan fingerprint density at radius 2 is 1.92 bits per heavy atom. The third-order valence-electron chi connectivity index (χ3n) is 3.46. The maximum Gasteiger partial charge on any atom is 0.115 e. The van der Waals surface area contributed by atoms with E-state index >= 15 is 0 Å². The maximum atomic E-state index is 13.4. The molecule has 2 atom stereocenters. The molecule has 0 aromatic carbocycles. The smallest absolute Gasteiger partial charge is 0.115 e. The van der Waals surface area contributed by atoms with Crippen molar-refractivity contribution in [2.45, 2.75) is 25.6 Å². The molecule has 0 spiro atoms. The van der Waals surface area contributed by atoms with Crippen molar-refractivity contribution < 1.29 is 4.39 Å². The van der Waals surface area contributed by atoms with Crippen LogP contribution in [-0.4, -0.2) is 55.2 Å². The van der Waals surface area contributed by atoms with Crippen molar-refractivity contribution in [1.82, 2.24) is 9.80 Å². The molecule has 76 valence electrons. The van der Waals surface area contributed by atoms with Crippen LogP contribution < -0.4 is 0 Å². The second kappa shape index (κ2) is 3.54. The Labute approximate surface area is 79.7 Å². The number of halogens is 1. The van der Waals surface area contributed by atoms with Gasteiger partial charge in [0.1, 0.15) is 6.17 Å². The van der Waals surface area contributed by atoms with Crippen LogP contribution in [0.3, 0.4) is 0 Å². The number of alkyl halides is 1. The van der Waals surface area contributed by atoms with E-state index in [1.165, 1.54) is 0 Å². The van der Waals surface area contributed by atoms with Crippen LogP contribution in [-0.2, 0) is 0 Å². The van der Waals surface area contributed by atoms with Gasteiger partial charge in [0, 0.05) is 25.7 Å². The van der Waals surface area contributed by atoms with E-state index in [1.807, 2.05) is 6.92 Å². The molecule has 0 bridgehead atoms. The van der Waals surface area contributed by atoms with Gasteiger partial charge in [-0.15, -0.1) is 0 Å². The van der Waals surface area contributed by atoms with E-state index < -0.39 is 6.17 Å². The van der Waals surface area contributed by atoms with Crippen molar-refractivity contribution in [3.05, 3.63) is 0 Å². The van der Waals surface area contributed by atoms with Gasteiger partial charge in [-0.2, -0.15) is 0 Å². The summed E-state index contributed by atoms with van der Waals surface area (Å²) in [6.45, 7) is 6.04. The first kappa shape index (κ1) is 9.41. The van der Waals surface area contributed by atoms with Gasteiger partial charge in [0.05, 0.1) is 0 Å². The number of likely N-dealkylation sites (N-methyl/N-ethyl adjacent to an activating group) is 1. The predicted octanol–water partition coefficient (Wildman–Crippen LogP) is 0.980. The minimum absolute atomic E-state index is 0.272. The third kappa shape index (κ3) is 1.86. The minimum Gasteiger partial charge on any atom is -0.303 e. The molecular weight excluding hydrogens is 167 g/mol. The molecule has 2 fully saturated rings. The third-order valence-corrected chi connectivity index (χ3v) is 3.46. The Kier molecular flexibility index (Phi) is 2.56. The highest BCUT2D eigenvalue weighted by molar-refractivity contribution is 4.90. The topological polar surface area (TPSA) is 6.48 Å². The molecule has 0 N–H and O–H groups in total. The van der Waals surface area contributed by atoms with Crippen LogP contribution in [0.4, 0.5) is 4.39 Å². The van der Waals surface area contributed by atoms with Gasteiger partial charge < -0.3 is 4.90 Å². The molecule has 2 aliphatic heterocycles. The Morgan fingerprint density at radius 3 is 2.46 bits per heavy atom. The van der Waals surface area contributed by atoms with Crippen molar-refractivity contribution >= 4 is 0 Å². The molecular formula is C10H19FN2. The fourth-order valence-corrected chi connectivity index (χ4v) is 2.27. The van der Waals surface area contributed by atoms with Crippen LogP contribution in [0.25, 0.3) is 0 Å². The van der Waals surface area contributed by atoms with Crippen LogP contribution in [0.2, 0.25) is 0 Å². The van der Waals surface area contributed by atoms with Crippen molar-refractivity contribution in [3.63, 3.8) is 0 Å². The quantitative estimate of drug-likeness (QED) is 0.602. The summed E-state index contributed by atoms with van der Waals surface area (Å²) >= 11 is 0. The number of nitrogens with zero attached hydrogens (tertiary/aromatic N) is 2. The fraction of sp³-hybridized carbons (Fsp3) is 1.00. The van der Waals surface area contributed by atoms with Gasteiger partial charge in [-0.1, -0.05) is 6.92 Å². The van der Waals surface area contributed by atoms with Crippen molar-refractivity contribution in [1.29, 1.82) is 0 Å². The lowest BCUT2D eigenvalue weighted by molar-refractivity contribution is -0.00000629. The molecule has 2 rings (SSSR count). The molecule has 0 aliphatic carbocycles. The Hall–Kier alpha value is -0.150.